The number of aliphatic hydroxyl groups is 1. The molecule has 0 saturated carbocycles. The number of likely N-dealkylation sites (tertiary alicyclic amines) is 1. The van der Waals surface area contributed by atoms with Gasteiger partial charge in [0.15, 0.2) is 0 Å². The minimum atomic E-state index is -0.672. The molecule has 7 heteroatoms. The molecule has 0 bridgehead atoms. The predicted octanol–water partition coefficient (Wildman–Crippen LogP) is 2.95. The fraction of sp³-hybridized carbons (Fsp3) is 0.625. The lowest BCUT2D eigenvalue weighted by Gasteiger charge is -2.36. The molecule has 1 amide bonds. The summed E-state index contributed by atoms with van der Waals surface area (Å²) >= 11 is 0. The highest BCUT2D eigenvalue weighted by atomic mass is 19.1. The van der Waals surface area contributed by atoms with Crippen molar-refractivity contribution < 1.29 is 23.8 Å². The van der Waals surface area contributed by atoms with Crippen LogP contribution < -0.4 is 4.74 Å². The summed E-state index contributed by atoms with van der Waals surface area (Å²) in [6.45, 7) is 6.86. The molecular weight excluding hydrogens is 399 g/mol. The summed E-state index contributed by atoms with van der Waals surface area (Å²) in [5.41, 5.74) is 0.755. The molecule has 0 radical (unpaired) electrons. The van der Waals surface area contributed by atoms with E-state index in [-0.39, 0.29) is 24.2 Å². The fourth-order valence-electron chi connectivity index (χ4n) is 4.10. The monoisotopic (exact) mass is 434 g/mol. The third kappa shape index (κ3) is 7.59. The lowest BCUT2D eigenvalue weighted by molar-refractivity contribution is -0.141. The van der Waals surface area contributed by atoms with E-state index in [1.165, 1.54) is 12.1 Å². The van der Waals surface area contributed by atoms with Crippen molar-refractivity contribution in [1.29, 1.82) is 0 Å². The molecule has 2 aliphatic heterocycles. The number of nitrogens with zero attached hydrogens (tertiary/aromatic N) is 2. The van der Waals surface area contributed by atoms with Gasteiger partial charge >= 0.3 is 0 Å². The molecule has 3 rings (SSSR count). The van der Waals surface area contributed by atoms with Crippen LogP contribution in [0.4, 0.5) is 4.39 Å². The number of unbranched alkanes of at least 4 members (excludes halogenated alkanes) is 1. The Hall–Kier alpha value is -1.96. The quantitative estimate of drug-likeness (QED) is 0.648. The second kappa shape index (κ2) is 12.2. The van der Waals surface area contributed by atoms with Gasteiger partial charge in [-0.1, -0.05) is 25.5 Å². The number of aliphatic hydroxyl groups excluding tert-OH is 1. The van der Waals surface area contributed by atoms with Crippen LogP contribution in [0.5, 0.6) is 5.75 Å². The number of β-amino-alcohol motifs (C(OH)–C–C–N with tert-alkyl or cyclic N) is 1. The maximum Gasteiger partial charge on any atom is 0.225 e. The highest BCUT2D eigenvalue weighted by Gasteiger charge is 2.29. The van der Waals surface area contributed by atoms with E-state index in [0.717, 1.165) is 44.3 Å². The fourth-order valence-corrected chi connectivity index (χ4v) is 4.10. The van der Waals surface area contributed by atoms with Crippen LogP contribution in [0.25, 0.3) is 6.08 Å². The topological polar surface area (TPSA) is 62.2 Å². The van der Waals surface area contributed by atoms with Crippen molar-refractivity contribution >= 4 is 12.0 Å². The molecule has 1 unspecified atom stereocenters. The van der Waals surface area contributed by atoms with Gasteiger partial charge in [0.1, 0.15) is 24.3 Å². The van der Waals surface area contributed by atoms with E-state index in [1.54, 1.807) is 6.07 Å². The Morgan fingerprint density at radius 1 is 1.26 bits per heavy atom. The molecule has 0 spiro atoms. The summed E-state index contributed by atoms with van der Waals surface area (Å²) in [6.07, 6.45) is 6.83. The van der Waals surface area contributed by atoms with E-state index in [4.69, 9.17) is 9.47 Å². The van der Waals surface area contributed by atoms with Crippen LogP contribution in [0.1, 0.15) is 38.2 Å². The predicted molar refractivity (Wildman–Crippen MR) is 118 cm³/mol. The van der Waals surface area contributed by atoms with Gasteiger partial charge in [-0.25, -0.2) is 4.39 Å². The van der Waals surface area contributed by atoms with Crippen LogP contribution in [0, 0.1) is 11.7 Å². The highest BCUT2D eigenvalue weighted by molar-refractivity contribution is 5.79. The summed E-state index contributed by atoms with van der Waals surface area (Å²) in [5.74, 6) is 0.371. The maximum atomic E-state index is 13.8. The SMILES string of the molecule is CCC/C=C/c1cc(F)cc(OCC(O)CN2CCC(C(=O)N3CCOCC3)CC2)c1. The zero-order valence-corrected chi connectivity index (χ0v) is 18.5. The lowest BCUT2D eigenvalue weighted by atomic mass is 9.95. The molecule has 6 nitrogen and oxygen atoms in total. The molecule has 0 aliphatic carbocycles. The molecule has 1 aromatic rings. The number of amides is 1. The van der Waals surface area contributed by atoms with E-state index in [0.29, 0.717) is 38.6 Å². The minimum Gasteiger partial charge on any atom is -0.491 e. The van der Waals surface area contributed by atoms with Gasteiger partial charge in [0.25, 0.3) is 0 Å². The Balaban J connectivity index is 1.40. The van der Waals surface area contributed by atoms with Gasteiger partial charge in [-0.2, -0.15) is 0 Å². The Morgan fingerprint density at radius 3 is 2.71 bits per heavy atom. The zero-order valence-electron chi connectivity index (χ0n) is 18.5. The van der Waals surface area contributed by atoms with Crippen molar-refractivity contribution in [1.82, 2.24) is 9.80 Å². The Bertz CT molecular complexity index is 728. The Morgan fingerprint density at radius 2 is 2.00 bits per heavy atom. The van der Waals surface area contributed by atoms with Crippen LogP contribution in [0.3, 0.4) is 0 Å². The van der Waals surface area contributed by atoms with E-state index >= 15 is 0 Å². The van der Waals surface area contributed by atoms with Gasteiger partial charge < -0.3 is 24.4 Å². The van der Waals surface area contributed by atoms with E-state index in [1.807, 2.05) is 17.1 Å². The number of morpholine rings is 1. The number of ether oxygens (including phenoxy) is 2. The molecule has 1 aromatic carbocycles. The number of halogens is 1. The van der Waals surface area contributed by atoms with Crippen LogP contribution in [-0.2, 0) is 9.53 Å². The average Bonchev–Trinajstić information content (AvgIpc) is 2.78. The molecule has 2 fully saturated rings. The van der Waals surface area contributed by atoms with Gasteiger partial charge in [-0.05, 0) is 50.0 Å². The van der Waals surface area contributed by atoms with Gasteiger partial charge in [-0.3, -0.25) is 4.79 Å². The number of carbonyl (C=O) groups is 1. The van der Waals surface area contributed by atoms with E-state index < -0.39 is 6.10 Å². The van der Waals surface area contributed by atoms with Crippen LogP contribution >= 0.6 is 0 Å². The molecular formula is C24H35FN2O4. The van der Waals surface area contributed by atoms with E-state index in [9.17, 15) is 14.3 Å². The largest absolute Gasteiger partial charge is 0.491 e. The van der Waals surface area contributed by atoms with Gasteiger partial charge in [0.05, 0.1) is 13.2 Å². The lowest BCUT2D eigenvalue weighted by Crippen LogP contribution is -2.47. The van der Waals surface area contributed by atoms with Crippen molar-refractivity contribution in [2.45, 2.75) is 38.7 Å². The van der Waals surface area contributed by atoms with Crippen molar-refractivity contribution in [3.8, 4) is 5.75 Å². The molecule has 2 saturated heterocycles. The first kappa shape index (κ1) is 23.7. The smallest absolute Gasteiger partial charge is 0.225 e. The Kier molecular flexibility index (Phi) is 9.31. The summed E-state index contributed by atoms with van der Waals surface area (Å²) in [5, 5.41) is 10.4. The maximum absolute atomic E-state index is 13.8. The summed E-state index contributed by atoms with van der Waals surface area (Å²) in [4.78, 5) is 16.7. The number of carbonyl (C=O) groups excluding carboxylic acids is 1. The molecule has 2 aliphatic rings. The van der Waals surface area contributed by atoms with Crippen molar-refractivity contribution in [3.05, 3.63) is 35.7 Å². The second-order valence-corrected chi connectivity index (χ2v) is 8.39. The van der Waals surface area contributed by atoms with Gasteiger partial charge in [-0.15, -0.1) is 0 Å². The summed E-state index contributed by atoms with van der Waals surface area (Å²) < 4.78 is 24.8. The number of hydrogen-bond acceptors (Lipinski definition) is 5. The van der Waals surface area contributed by atoms with Crippen molar-refractivity contribution in [3.63, 3.8) is 0 Å². The number of hydrogen-bond donors (Lipinski definition) is 1. The average molecular weight is 435 g/mol. The summed E-state index contributed by atoms with van der Waals surface area (Å²) in [6, 6.07) is 4.59. The standard InChI is InChI=1S/C24H35FN2O4/c1-2-3-4-5-19-14-21(25)16-23(15-19)31-18-22(28)17-26-8-6-20(7-9-26)24(29)27-10-12-30-13-11-27/h4-5,14-16,20,22,28H,2-3,6-13,17-18H2,1H3/b5-4+. The second-order valence-electron chi connectivity index (χ2n) is 8.39. The van der Waals surface area contributed by atoms with Crippen molar-refractivity contribution in [2.24, 2.45) is 5.92 Å². The molecule has 1 N–H and O–H groups in total. The first-order chi connectivity index (χ1) is 15.0. The Labute approximate surface area is 184 Å². The van der Waals surface area contributed by atoms with Gasteiger partial charge in [0.2, 0.25) is 5.91 Å². The molecule has 1 atom stereocenters. The van der Waals surface area contributed by atoms with Crippen LogP contribution in [0.2, 0.25) is 0 Å². The molecule has 31 heavy (non-hydrogen) atoms. The van der Waals surface area contributed by atoms with E-state index in [2.05, 4.69) is 11.8 Å². The van der Waals surface area contributed by atoms with Gasteiger partial charge in [0, 0.05) is 31.6 Å². The molecule has 2 heterocycles. The summed E-state index contributed by atoms with van der Waals surface area (Å²) in [7, 11) is 0. The highest BCUT2D eigenvalue weighted by Crippen LogP contribution is 2.21. The molecule has 0 aromatic heterocycles. The number of piperidine rings is 1. The number of rotatable bonds is 9. The normalized spacial score (nSPS) is 19.6. The van der Waals surface area contributed by atoms with Crippen molar-refractivity contribution in [2.75, 3.05) is 52.5 Å². The van der Waals surface area contributed by atoms with Crippen LogP contribution in [0.15, 0.2) is 24.3 Å². The third-order valence-corrected chi connectivity index (χ3v) is 5.83. The number of benzene rings is 1. The first-order valence-electron chi connectivity index (χ1n) is 11.4. The van der Waals surface area contributed by atoms with Crippen LogP contribution in [-0.4, -0.2) is 79.5 Å². The molecule has 172 valence electrons. The first-order valence-corrected chi connectivity index (χ1v) is 11.4. The zero-order chi connectivity index (χ0) is 22.1. The third-order valence-electron chi connectivity index (χ3n) is 5.83. The minimum absolute atomic E-state index is 0.0641. The number of allylic oxidation sites excluding steroid dienone is 1.